The molecule has 1 aliphatic rings. The number of aromatic hydroxyl groups is 1. The van der Waals surface area contributed by atoms with Crippen LogP contribution < -0.4 is 4.90 Å². The van der Waals surface area contributed by atoms with Crippen molar-refractivity contribution in [2.24, 2.45) is 0 Å². The van der Waals surface area contributed by atoms with E-state index in [0.29, 0.717) is 21.6 Å². The van der Waals surface area contributed by atoms with Crippen molar-refractivity contribution in [3.63, 3.8) is 0 Å². The first-order chi connectivity index (χ1) is 17.1. The van der Waals surface area contributed by atoms with Crippen LogP contribution in [0.25, 0.3) is 16.5 Å². The van der Waals surface area contributed by atoms with Gasteiger partial charge in [0.15, 0.2) is 5.76 Å². The molecule has 178 valence electrons. The third-order valence-corrected chi connectivity index (χ3v) is 7.75. The summed E-state index contributed by atoms with van der Waals surface area (Å²) in [6.07, 6.45) is 1.58. The number of piperazine rings is 1. The average molecular weight is 526 g/mol. The number of nitrogens with zero attached hydrogens (tertiary/aromatic N) is 5. The van der Waals surface area contributed by atoms with Crippen LogP contribution in [0.4, 0.5) is 5.69 Å². The summed E-state index contributed by atoms with van der Waals surface area (Å²) in [4.78, 5) is 10.7. The number of hydrogen-bond donors (Lipinski definition) is 1. The van der Waals surface area contributed by atoms with E-state index in [9.17, 15) is 5.11 Å². The van der Waals surface area contributed by atoms with E-state index >= 15 is 0 Å². The molecule has 4 heterocycles. The smallest absolute Gasteiger partial charge is 0.230 e. The van der Waals surface area contributed by atoms with E-state index in [-0.39, 0.29) is 11.9 Å². The highest BCUT2D eigenvalue weighted by molar-refractivity contribution is 7.17. The molecular weight excluding hydrogens is 505 g/mol. The van der Waals surface area contributed by atoms with Gasteiger partial charge in [0.05, 0.1) is 17.2 Å². The van der Waals surface area contributed by atoms with Gasteiger partial charge in [-0.15, -0.1) is 5.10 Å². The zero-order chi connectivity index (χ0) is 23.9. The maximum Gasteiger partial charge on any atom is 0.230 e. The van der Waals surface area contributed by atoms with Gasteiger partial charge in [-0.05, 0) is 48.0 Å². The monoisotopic (exact) mass is 525 g/mol. The quantitative estimate of drug-likeness (QED) is 0.304. The molecule has 35 heavy (non-hydrogen) atoms. The Balaban J connectivity index is 1.34. The number of fused-ring (bicyclic) bond motifs is 1. The molecule has 2 aromatic carbocycles. The second-order valence-corrected chi connectivity index (χ2v) is 10.2. The molecule has 0 bridgehead atoms. The van der Waals surface area contributed by atoms with Crippen LogP contribution in [0.5, 0.6) is 5.88 Å². The minimum Gasteiger partial charge on any atom is -0.492 e. The van der Waals surface area contributed by atoms with Crippen molar-refractivity contribution in [3.8, 4) is 17.5 Å². The lowest BCUT2D eigenvalue weighted by molar-refractivity contribution is 0.211. The van der Waals surface area contributed by atoms with Crippen LogP contribution in [-0.4, -0.2) is 50.8 Å². The van der Waals surface area contributed by atoms with Gasteiger partial charge in [0.1, 0.15) is 0 Å². The van der Waals surface area contributed by atoms with Crippen LogP contribution in [0.3, 0.4) is 0 Å². The molecule has 1 atom stereocenters. The lowest BCUT2D eigenvalue weighted by Gasteiger charge is -2.40. The first kappa shape index (κ1) is 22.4. The zero-order valence-corrected chi connectivity index (χ0v) is 20.8. The first-order valence-corrected chi connectivity index (χ1v) is 12.8. The third kappa shape index (κ3) is 4.27. The van der Waals surface area contributed by atoms with Crippen LogP contribution in [0.2, 0.25) is 10.0 Å². The van der Waals surface area contributed by atoms with Crippen LogP contribution in [0.1, 0.15) is 16.5 Å². The fourth-order valence-electron chi connectivity index (χ4n) is 4.55. The normalized spacial score (nSPS) is 15.7. The van der Waals surface area contributed by atoms with E-state index in [1.807, 2.05) is 42.5 Å². The fourth-order valence-corrected chi connectivity index (χ4v) is 6.05. The molecule has 1 aliphatic heterocycles. The largest absolute Gasteiger partial charge is 0.492 e. The highest BCUT2D eigenvalue weighted by Gasteiger charge is 2.32. The molecule has 0 saturated carbocycles. The van der Waals surface area contributed by atoms with Gasteiger partial charge in [-0.1, -0.05) is 52.7 Å². The number of furan rings is 1. The van der Waals surface area contributed by atoms with Crippen LogP contribution in [0.15, 0.2) is 71.3 Å². The summed E-state index contributed by atoms with van der Waals surface area (Å²) in [6, 6.07) is 19.1. The predicted molar refractivity (Wildman–Crippen MR) is 139 cm³/mol. The number of hydrogen-bond acceptors (Lipinski definition) is 7. The molecule has 0 radical (unpaired) electrons. The molecule has 1 N–H and O–H groups in total. The number of benzene rings is 2. The molecular formula is C25H21Cl2N5O2S. The van der Waals surface area contributed by atoms with Gasteiger partial charge in [0, 0.05) is 41.9 Å². The third-order valence-electron chi connectivity index (χ3n) is 6.21. The Bertz CT molecular complexity index is 1470. The Morgan fingerprint density at radius 1 is 0.943 bits per heavy atom. The highest BCUT2D eigenvalue weighted by atomic mass is 35.5. The number of halogens is 2. The molecule has 1 saturated heterocycles. The van der Waals surface area contributed by atoms with Gasteiger partial charge < -0.3 is 14.4 Å². The maximum absolute atomic E-state index is 11.2. The summed E-state index contributed by atoms with van der Waals surface area (Å²) in [6.45, 7) is 3.27. The minimum atomic E-state index is -0.184. The van der Waals surface area contributed by atoms with Gasteiger partial charge in [-0.3, -0.25) is 4.90 Å². The SMILES string of the molecule is Oc1c([C@H](c2cccc(Cl)c2)N2CCN(c3cccc(Cl)c3)CC2)sc2nc(-c3ccco3)nn12. The van der Waals surface area contributed by atoms with Crippen LogP contribution >= 0.6 is 34.5 Å². The fraction of sp³-hybridized carbons (Fsp3) is 0.200. The second-order valence-electron chi connectivity index (χ2n) is 8.36. The van der Waals surface area contributed by atoms with Crippen molar-refractivity contribution in [2.75, 3.05) is 31.1 Å². The Kier molecular flexibility index (Phi) is 5.89. The summed E-state index contributed by atoms with van der Waals surface area (Å²) in [7, 11) is 0. The topological polar surface area (TPSA) is 70.0 Å². The lowest BCUT2D eigenvalue weighted by atomic mass is 10.0. The number of thiazole rings is 1. The molecule has 0 unspecified atom stereocenters. The van der Waals surface area contributed by atoms with E-state index < -0.39 is 0 Å². The van der Waals surface area contributed by atoms with Gasteiger partial charge >= 0.3 is 0 Å². The van der Waals surface area contributed by atoms with Gasteiger partial charge in [0.2, 0.25) is 16.7 Å². The standard InChI is InChI=1S/C25H21Cl2N5O2S/c26-17-5-1-4-16(14-17)21(31-11-9-30(10-12-31)19-7-2-6-18(27)15-19)22-24(33)32-25(35-22)28-23(29-32)20-8-3-13-34-20/h1-8,13-15,21,33H,9-12H2/t21-/m0/s1. The van der Waals surface area contributed by atoms with Crippen molar-refractivity contribution in [1.82, 2.24) is 19.5 Å². The molecule has 5 aromatic rings. The lowest BCUT2D eigenvalue weighted by Crippen LogP contribution is -2.47. The Morgan fingerprint density at radius 3 is 2.40 bits per heavy atom. The Hall–Kier alpha value is -3.04. The maximum atomic E-state index is 11.2. The highest BCUT2D eigenvalue weighted by Crippen LogP contribution is 2.41. The average Bonchev–Trinajstić information content (AvgIpc) is 3.59. The van der Waals surface area contributed by atoms with E-state index in [2.05, 4.69) is 25.9 Å². The van der Waals surface area contributed by atoms with Crippen LogP contribution in [0, 0.1) is 0 Å². The van der Waals surface area contributed by atoms with Crippen molar-refractivity contribution >= 4 is 45.2 Å². The summed E-state index contributed by atoms with van der Waals surface area (Å²) >= 11 is 14.0. The molecule has 3 aromatic heterocycles. The number of aromatic nitrogens is 3. The van der Waals surface area contributed by atoms with E-state index in [1.165, 1.54) is 15.9 Å². The molecule has 0 amide bonds. The van der Waals surface area contributed by atoms with E-state index in [1.54, 1.807) is 18.4 Å². The van der Waals surface area contributed by atoms with Crippen LogP contribution in [-0.2, 0) is 0 Å². The summed E-state index contributed by atoms with van der Waals surface area (Å²) in [5.41, 5.74) is 2.13. The predicted octanol–water partition coefficient (Wildman–Crippen LogP) is 5.97. The second kappa shape index (κ2) is 9.20. The van der Waals surface area contributed by atoms with E-state index in [4.69, 9.17) is 27.6 Å². The summed E-state index contributed by atoms with van der Waals surface area (Å²) in [5, 5.41) is 17.1. The zero-order valence-electron chi connectivity index (χ0n) is 18.5. The first-order valence-electron chi connectivity index (χ1n) is 11.2. The molecule has 10 heteroatoms. The molecule has 0 aliphatic carbocycles. The minimum absolute atomic E-state index is 0.0811. The van der Waals surface area contributed by atoms with Crippen molar-refractivity contribution in [3.05, 3.63) is 87.4 Å². The van der Waals surface area contributed by atoms with Crippen molar-refractivity contribution in [1.29, 1.82) is 0 Å². The molecule has 6 rings (SSSR count). The number of rotatable bonds is 5. The molecule has 1 fully saturated rings. The Labute approximate surface area is 215 Å². The summed E-state index contributed by atoms with van der Waals surface area (Å²) < 4.78 is 6.90. The summed E-state index contributed by atoms with van der Waals surface area (Å²) in [5.74, 6) is 1.08. The molecule has 7 nitrogen and oxygen atoms in total. The van der Waals surface area contributed by atoms with Crippen molar-refractivity contribution in [2.45, 2.75) is 6.04 Å². The Morgan fingerprint density at radius 2 is 1.71 bits per heavy atom. The van der Waals surface area contributed by atoms with Crippen molar-refractivity contribution < 1.29 is 9.52 Å². The van der Waals surface area contributed by atoms with E-state index in [0.717, 1.165) is 47.3 Å². The number of anilines is 1. The van der Waals surface area contributed by atoms with Gasteiger partial charge in [0.25, 0.3) is 0 Å². The van der Waals surface area contributed by atoms with Gasteiger partial charge in [-0.2, -0.15) is 9.50 Å². The van der Waals surface area contributed by atoms with Gasteiger partial charge in [-0.25, -0.2) is 0 Å². The molecule has 0 spiro atoms.